The van der Waals surface area contributed by atoms with Crippen LogP contribution in [0.3, 0.4) is 0 Å². The Morgan fingerprint density at radius 3 is 2.58 bits per heavy atom. The van der Waals surface area contributed by atoms with Gasteiger partial charge in [0.25, 0.3) is 0 Å². The SMILES string of the molecule is CCOC(=O)c1sc(C(=O)c2ccccc2)nc1C. The molecule has 0 aliphatic rings. The van der Waals surface area contributed by atoms with Crippen molar-refractivity contribution in [3.05, 3.63) is 51.5 Å². The molecule has 0 radical (unpaired) electrons. The molecular formula is C14H13NO3S. The van der Waals surface area contributed by atoms with Gasteiger partial charge in [-0.2, -0.15) is 0 Å². The van der Waals surface area contributed by atoms with Crippen LogP contribution in [0.15, 0.2) is 30.3 Å². The lowest BCUT2D eigenvalue weighted by Crippen LogP contribution is -2.03. The third-order valence-electron chi connectivity index (χ3n) is 2.49. The molecule has 0 aliphatic carbocycles. The lowest BCUT2D eigenvalue weighted by molar-refractivity contribution is 0.0531. The van der Waals surface area contributed by atoms with Crippen molar-refractivity contribution >= 4 is 23.1 Å². The number of hydrogen-bond donors (Lipinski definition) is 0. The fourth-order valence-corrected chi connectivity index (χ4v) is 2.51. The van der Waals surface area contributed by atoms with Gasteiger partial charge in [-0.25, -0.2) is 9.78 Å². The predicted molar refractivity (Wildman–Crippen MR) is 72.7 cm³/mol. The summed E-state index contributed by atoms with van der Waals surface area (Å²) in [5.74, 6) is -0.603. The quantitative estimate of drug-likeness (QED) is 0.636. The smallest absolute Gasteiger partial charge is 0.350 e. The number of ketones is 1. The maximum atomic E-state index is 12.2. The van der Waals surface area contributed by atoms with Crippen LogP contribution in [-0.2, 0) is 4.74 Å². The minimum atomic E-state index is -0.426. The topological polar surface area (TPSA) is 56.3 Å². The zero-order valence-electron chi connectivity index (χ0n) is 10.7. The van der Waals surface area contributed by atoms with Crippen molar-refractivity contribution in [1.82, 2.24) is 4.98 Å². The van der Waals surface area contributed by atoms with Gasteiger partial charge in [0, 0.05) is 5.56 Å². The van der Waals surface area contributed by atoms with Gasteiger partial charge in [-0.1, -0.05) is 30.3 Å². The van der Waals surface area contributed by atoms with Crippen LogP contribution in [0.1, 0.15) is 37.7 Å². The minimum absolute atomic E-state index is 0.177. The molecule has 0 atom stereocenters. The average Bonchev–Trinajstić information content (AvgIpc) is 2.81. The van der Waals surface area contributed by atoms with Gasteiger partial charge < -0.3 is 4.74 Å². The summed E-state index contributed by atoms with van der Waals surface area (Å²) in [7, 11) is 0. The lowest BCUT2D eigenvalue weighted by atomic mass is 10.1. The van der Waals surface area contributed by atoms with Crippen LogP contribution in [0.5, 0.6) is 0 Å². The highest BCUT2D eigenvalue weighted by atomic mass is 32.1. The van der Waals surface area contributed by atoms with E-state index in [2.05, 4.69) is 4.98 Å². The van der Waals surface area contributed by atoms with E-state index < -0.39 is 5.97 Å². The molecule has 0 saturated carbocycles. The average molecular weight is 275 g/mol. The Labute approximate surface area is 115 Å². The Morgan fingerprint density at radius 1 is 1.26 bits per heavy atom. The van der Waals surface area contributed by atoms with Crippen LogP contribution < -0.4 is 0 Å². The molecule has 98 valence electrons. The van der Waals surface area contributed by atoms with Crippen LogP contribution in [0.2, 0.25) is 0 Å². The van der Waals surface area contributed by atoms with Crippen molar-refractivity contribution < 1.29 is 14.3 Å². The summed E-state index contributed by atoms with van der Waals surface area (Å²) < 4.78 is 4.93. The number of ether oxygens (including phenoxy) is 1. The van der Waals surface area contributed by atoms with Gasteiger partial charge in [0.1, 0.15) is 4.88 Å². The molecular weight excluding hydrogens is 262 g/mol. The number of carbonyl (C=O) groups excluding carboxylic acids is 2. The molecule has 0 bridgehead atoms. The number of thiazole rings is 1. The summed E-state index contributed by atoms with van der Waals surface area (Å²) in [6, 6.07) is 8.88. The lowest BCUT2D eigenvalue weighted by Gasteiger charge is -1.97. The molecule has 2 rings (SSSR count). The molecule has 5 heteroatoms. The van der Waals surface area contributed by atoms with E-state index in [1.165, 1.54) is 0 Å². The van der Waals surface area contributed by atoms with Crippen LogP contribution in [0, 0.1) is 6.92 Å². The number of carbonyl (C=O) groups is 2. The summed E-state index contributed by atoms with van der Waals surface area (Å²) in [5.41, 5.74) is 1.09. The van der Waals surface area contributed by atoms with Crippen molar-refractivity contribution in [2.75, 3.05) is 6.61 Å². The fraction of sp³-hybridized carbons (Fsp3) is 0.214. The monoisotopic (exact) mass is 275 g/mol. The molecule has 0 aliphatic heterocycles. The highest BCUT2D eigenvalue weighted by Crippen LogP contribution is 2.21. The number of aromatic nitrogens is 1. The summed E-state index contributed by atoms with van der Waals surface area (Å²) in [5, 5.41) is 0.312. The predicted octanol–water partition coefficient (Wildman–Crippen LogP) is 2.86. The maximum Gasteiger partial charge on any atom is 0.350 e. The molecule has 0 fully saturated rings. The Morgan fingerprint density at radius 2 is 1.95 bits per heavy atom. The van der Waals surface area contributed by atoms with Crippen LogP contribution >= 0.6 is 11.3 Å². The van der Waals surface area contributed by atoms with E-state index in [0.717, 1.165) is 11.3 Å². The molecule has 0 spiro atoms. The summed E-state index contributed by atoms with van der Waals surface area (Å²) in [6.07, 6.45) is 0. The van der Waals surface area contributed by atoms with Gasteiger partial charge in [0.2, 0.25) is 5.78 Å². The van der Waals surface area contributed by atoms with Crippen LogP contribution in [0.4, 0.5) is 0 Å². The van der Waals surface area contributed by atoms with Gasteiger partial charge >= 0.3 is 5.97 Å². The molecule has 1 heterocycles. The van der Waals surface area contributed by atoms with Crippen LogP contribution in [-0.4, -0.2) is 23.3 Å². The number of benzene rings is 1. The van der Waals surface area contributed by atoms with Crippen LogP contribution in [0.25, 0.3) is 0 Å². The third kappa shape index (κ3) is 2.88. The number of esters is 1. The normalized spacial score (nSPS) is 10.2. The molecule has 2 aromatic rings. The van der Waals surface area contributed by atoms with E-state index >= 15 is 0 Å². The van der Waals surface area contributed by atoms with Crippen molar-refractivity contribution in [2.45, 2.75) is 13.8 Å². The Kier molecular flexibility index (Phi) is 4.06. The highest BCUT2D eigenvalue weighted by Gasteiger charge is 2.20. The first-order valence-electron chi connectivity index (χ1n) is 5.87. The van der Waals surface area contributed by atoms with Gasteiger partial charge in [0.15, 0.2) is 5.01 Å². The molecule has 0 saturated heterocycles. The summed E-state index contributed by atoms with van der Waals surface area (Å²) in [6.45, 7) is 3.74. The minimum Gasteiger partial charge on any atom is -0.462 e. The first-order chi connectivity index (χ1) is 9.13. The van der Waals surface area contributed by atoms with Gasteiger partial charge in [-0.15, -0.1) is 11.3 Å². The number of nitrogens with zero attached hydrogens (tertiary/aromatic N) is 1. The Balaban J connectivity index is 2.30. The molecule has 19 heavy (non-hydrogen) atoms. The zero-order chi connectivity index (χ0) is 13.8. The molecule has 0 unspecified atom stereocenters. The standard InChI is InChI=1S/C14H13NO3S/c1-3-18-14(17)12-9(2)15-13(19-12)11(16)10-7-5-4-6-8-10/h4-8H,3H2,1-2H3. The number of aryl methyl sites for hydroxylation is 1. The van der Waals surface area contributed by atoms with Gasteiger partial charge in [-0.05, 0) is 13.8 Å². The van der Waals surface area contributed by atoms with E-state index in [1.807, 2.05) is 6.07 Å². The third-order valence-corrected chi connectivity index (χ3v) is 3.62. The van der Waals surface area contributed by atoms with E-state index in [1.54, 1.807) is 38.1 Å². The van der Waals surface area contributed by atoms with E-state index in [0.29, 0.717) is 27.7 Å². The summed E-state index contributed by atoms with van der Waals surface area (Å²) in [4.78, 5) is 28.4. The zero-order valence-corrected chi connectivity index (χ0v) is 11.5. The molecule has 4 nitrogen and oxygen atoms in total. The van der Waals surface area contributed by atoms with Gasteiger partial charge in [-0.3, -0.25) is 4.79 Å². The maximum absolute atomic E-state index is 12.2. The molecule has 0 amide bonds. The Hall–Kier alpha value is -2.01. The molecule has 1 aromatic carbocycles. The van der Waals surface area contributed by atoms with Crippen molar-refractivity contribution in [2.24, 2.45) is 0 Å². The largest absolute Gasteiger partial charge is 0.462 e. The second-order valence-electron chi connectivity index (χ2n) is 3.85. The van der Waals surface area contributed by atoms with Crippen molar-refractivity contribution in [3.8, 4) is 0 Å². The highest BCUT2D eigenvalue weighted by molar-refractivity contribution is 7.15. The fourth-order valence-electron chi connectivity index (χ4n) is 1.59. The van der Waals surface area contributed by atoms with E-state index in [4.69, 9.17) is 4.74 Å². The van der Waals surface area contributed by atoms with E-state index in [-0.39, 0.29) is 5.78 Å². The first-order valence-corrected chi connectivity index (χ1v) is 6.69. The summed E-state index contributed by atoms with van der Waals surface area (Å²) >= 11 is 1.08. The number of rotatable bonds is 4. The molecule has 0 N–H and O–H groups in total. The first kappa shape index (κ1) is 13.4. The van der Waals surface area contributed by atoms with E-state index in [9.17, 15) is 9.59 Å². The van der Waals surface area contributed by atoms with Crippen molar-refractivity contribution in [1.29, 1.82) is 0 Å². The van der Waals surface area contributed by atoms with Gasteiger partial charge in [0.05, 0.1) is 12.3 Å². The Bertz CT molecular complexity index is 604. The molecule has 1 aromatic heterocycles. The second-order valence-corrected chi connectivity index (χ2v) is 4.85. The second kappa shape index (κ2) is 5.75. The van der Waals surface area contributed by atoms with Crippen molar-refractivity contribution in [3.63, 3.8) is 0 Å². The number of hydrogen-bond acceptors (Lipinski definition) is 5.